The van der Waals surface area contributed by atoms with Crippen LogP contribution in [0.25, 0.3) is 10.7 Å². The van der Waals surface area contributed by atoms with E-state index in [1.807, 2.05) is 43.5 Å². The van der Waals surface area contributed by atoms with Gasteiger partial charge in [0.1, 0.15) is 17.6 Å². The normalized spacial score (nSPS) is 15.0. The van der Waals surface area contributed by atoms with Gasteiger partial charge in [-0.05, 0) is 37.8 Å². The Morgan fingerprint density at radius 1 is 1.41 bits per heavy atom. The van der Waals surface area contributed by atoms with Gasteiger partial charge in [-0.3, -0.25) is 4.79 Å². The molecule has 7 nitrogen and oxygen atoms in total. The van der Waals surface area contributed by atoms with E-state index in [9.17, 15) is 4.79 Å². The van der Waals surface area contributed by atoms with Crippen molar-refractivity contribution >= 4 is 22.9 Å². The standard InChI is InChI=1S/C21H23N3O4S/c1-3-26-17-11-14-10-13(2)27-16(14)12-15(17)22-19(25)7-4-8-20-23-21(24-28-20)18-6-5-9-29-18/h5-6,9,11-13H,3-4,7-8,10H2,1-2H3,(H,22,25). The van der Waals surface area contributed by atoms with E-state index in [0.717, 1.165) is 22.6 Å². The number of aryl methyl sites for hydroxylation is 1. The quantitative estimate of drug-likeness (QED) is 0.586. The van der Waals surface area contributed by atoms with E-state index in [4.69, 9.17) is 14.0 Å². The molecule has 0 saturated heterocycles. The first-order valence-electron chi connectivity index (χ1n) is 9.75. The lowest BCUT2D eigenvalue weighted by Crippen LogP contribution is -2.13. The van der Waals surface area contributed by atoms with Gasteiger partial charge in [0.15, 0.2) is 0 Å². The number of thiophene rings is 1. The summed E-state index contributed by atoms with van der Waals surface area (Å²) < 4.78 is 16.8. The van der Waals surface area contributed by atoms with Gasteiger partial charge in [0.25, 0.3) is 0 Å². The topological polar surface area (TPSA) is 86.5 Å². The highest BCUT2D eigenvalue weighted by Gasteiger charge is 2.22. The Morgan fingerprint density at radius 2 is 2.31 bits per heavy atom. The molecule has 0 fully saturated rings. The number of benzene rings is 1. The zero-order valence-electron chi connectivity index (χ0n) is 16.4. The highest BCUT2D eigenvalue weighted by molar-refractivity contribution is 7.13. The van der Waals surface area contributed by atoms with Crippen molar-refractivity contribution < 1.29 is 18.8 Å². The number of fused-ring (bicyclic) bond motifs is 1. The number of hydrogen-bond donors (Lipinski definition) is 1. The Kier molecular flexibility index (Phi) is 5.80. The number of ether oxygens (including phenoxy) is 2. The van der Waals surface area contributed by atoms with E-state index in [2.05, 4.69) is 15.5 Å². The minimum Gasteiger partial charge on any atom is -0.492 e. The van der Waals surface area contributed by atoms with Crippen LogP contribution in [0.2, 0.25) is 0 Å². The zero-order valence-corrected chi connectivity index (χ0v) is 17.3. The Balaban J connectivity index is 1.33. The van der Waals surface area contributed by atoms with Gasteiger partial charge in [0, 0.05) is 30.9 Å². The van der Waals surface area contributed by atoms with Crippen LogP contribution < -0.4 is 14.8 Å². The van der Waals surface area contributed by atoms with Crippen LogP contribution in [-0.2, 0) is 17.6 Å². The van der Waals surface area contributed by atoms with Crippen LogP contribution in [0.4, 0.5) is 5.69 Å². The van der Waals surface area contributed by atoms with E-state index in [1.165, 1.54) is 0 Å². The van der Waals surface area contributed by atoms with Crippen LogP contribution in [0.1, 0.15) is 38.1 Å². The van der Waals surface area contributed by atoms with Gasteiger partial charge in [-0.25, -0.2) is 0 Å². The van der Waals surface area contributed by atoms with E-state index in [0.29, 0.717) is 49.0 Å². The molecule has 0 radical (unpaired) electrons. The van der Waals surface area contributed by atoms with Gasteiger partial charge >= 0.3 is 0 Å². The average molecular weight is 413 g/mol. The van der Waals surface area contributed by atoms with E-state index in [1.54, 1.807) is 11.3 Å². The van der Waals surface area contributed by atoms with Crippen molar-refractivity contribution in [2.45, 2.75) is 45.6 Å². The van der Waals surface area contributed by atoms with Gasteiger partial charge in [0.05, 0.1) is 17.2 Å². The van der Waals surface area contributed by atoms with E-state index in [-0.39, 0.29) is 12.0 Å². The van der Waals surface area contributed by atoms with Crippen LogP contribution >= 0.6 is 11.3 Å². The fraction of sp³-hybridized carbons (Fsp3) is 0.381. The summed E-state index contributed by atoms with van der Waals surface area (Å²) in [4.78, 5) is 17.8. The van der Waals surface area contributed by atoms with Crippen LogP contribution in [0.15, 0.2) is 34.2 Å². The molecule has 1 N–H and O–H groups in total. The Morgan fingerprint density at radius 3 is 3.10 bits per heavy atom. The Hall–Kier alpha value is -2.87. The molecular weight excluding hydrogens is 390 g/mol. The molecule has 1 aliphatic heterocycles. The zero-order chi connectivity index (χ0) is 20.2. The third kappa shape index (κ3) is 4.59. The van der Waals surface area contributed by atoms with E-state index >= 15 is 0 Å². The van der Waals surface area contributed by atoms with Crippen molar-refractivity contribution in [1.29, 1.82) is 0 Å². The summed E-state index contributed by atoms with van der Waals surface area (Å²) in [5.41, 5.74) is 1.75. The van der Waals surface area contributed by atoms with Gasteiger partial charge in [0.2, 0.25) is 17.6 Å². The van der Waals surface area contributed by atoms with Crippen LogP contribution in [0.5, 0.6) is 11.5 Å². The van der Waals surface area contributed by atoms with E-state index < -0.39 is 0 Å². The predicted octanol–water partition coefficient (Wildman–Crippen LogP) is 4.48. The SMILES string of the molecule is CCOc1cc2c(cc1NC(=O)CCCc1nc(-c3cccs3)no1)OC(C)C2. The monoisotopic (exact) mass is 413 g/mol. The molecule has 29 heavy (non-hydrogen) atoms. The third-order valence-corrected chi connectivity index (χ3v) is 5.44. The number of nitrogens with one attached hydrogen (secondary N) is 1. The molecule has 0 aliphatic carbocycles. The fourth-order valence-electron chi connectivity index (χ4n) is 3.29. The van der Waals surface area contributed by atoms with Gasteiger partial charge in [-0.1, -0.05) is 11.2 Å². The first-order valence-corrected chi connectivity index (χ1v) is 10.6. The smallest absolute Gasteiger partial charge is 0.226 e. The molecule has 8 heteroatoms. The van der Waals surface area contributed by atoms with Gasteiger partial charge < -0.3 is 19.3 Å². The number of carbonyl (C=O) groups excluding carboxylic acids is 1. The first kappa shape index (κ1) is 19.4. The second kappa shape index (κ2) is 8.65. The van der Waals surface area contributed by atoms with Crippen molar-refractivity contribution in [3.8, 4) is 22.2 Å². The lowest BCUT2D eigenvalue weighted by molar-refractivity contribution is -0.116. The molecule has 1 aromatic carbocycles. The summed E-state index contributed by atoms with van der Waals surface area (Å²) in [5, 5.41) is 8.90. The molecule has 2 aromatic heterocycles. The molecule has 0 bridgehead atoms. The summed E-state index contributed by atoms with van der Waals surface area (Å²) in [7, 11) is 0. The largest absolute Gasteiger partial charge is 0.492 e. The lowest BCUT2D eigenvalue weighted by atomic mass is 10.1. The average Bonchev–Trinajstić information content (AvgIpc) is 3.42. The van der Waals surface area contributed by atoms with Crippen molar-refractivity contribution in [2.24, 2.45) is 0 Å². The second-order valence-corrected chi connectivity index (χ2v) is 7.86. The summed E-state index contributed by atoms with van der Waals surface area (Å²) in [6.45, 7) is 4.48. The lowest BCUT2D eigenvalue weighted by Gasteiger charge is -2.13. The van der Waals surface area contributed by atoms with Gasteiger partial charge in [-0.15, -0.1) is 11.3 Å². The molecule has 0 saturated carbocycles. The Labute approximate surface area is 173 Å². The molecule has 1 atom stereocenters. The van der Waals surface area contributed by atoms with Crippen molar-refractivity contribution in [3.63, 3.8) is 0 Å². The second-order valence-electron chi connectivity index (χ2n) is 6.91. The van der Waals surface area contributed by atoms with Crippen LogP contribution in [-0.4, -0.2) is 28.8 Å². The number of rotatable bonds is 8. The third-order valence-electron chi connectivity index (χ3n) is 4.58. The maximum atomic E-state index is 12.4. The summed E-state index contributed by atoms with van der Waals surface area (Å²) >= 11 is 1.56. The van der Waals surface area contributed by atoms with Crippen molar-refractivity contribution in [1.82, 2.24) is 10.1 Å². The molecule has 0 spiro atoms. The molecular formula is C21H23N3O4S. The number of carbonyl (C=O) groups is 1. The summed E-state index contributed by atoms with van der Waals surface area (Å²) in [6.07, 6.45) is 2.49. The number of anilines is 1. The summed E-state index contributed by atoms with van der Waals surface area (Å²) in [5.74, 6) is 2.53. The van der Waals surface area contributed by atoms with Crippen LogP contribution in [0.3, 0.4) is 0 Å². The minimum absolute atomic E-state index is 0.0880. The Bertz CT molecular complexity index is 984. The number of amides is 1. The highest BCUT2D eigenvalue weighted by atomic mass is 32.1. The molecule has 3 heterocycles. The molecule has 1 aliphatic rings. The minimum atomic E-state index is -0.0880. The van der Waals surface area contributed by atoms with Crippen molar-refractivity contribution in [2.75, 3.05) is 11.9 Å². The molecule has 152 valence electrons. The van der Waals surface area contributed by atoms with Crippen molar-refractivity contribution in [3.05, 3.63) is 41.1 Å². The first-order chi connectivity index (χ1) is 14.1. The maximum Gasteiger partial charge on any atom is 0.226 e. The van der Waals surface area contributed by atoms with Crippen LogP contribution in [0, 0.1) is 0 Å². The predicted molar refractivity (Wildman–Crippen MR) is 111 cm³/mol. The molecule has 1 unspecified atom stereocenters. The van der Waals surface area contributed by atoms with Gasteiger partial charge in [-0.2, -0.15) is 4.98 Å². The molecule has 1 amide bonds. The maximum absolute atomic E-state index is 12.4. The molecule has 4 rings (SSSR count). The molecule has 3 aromatic rings. The number of nitrogens with zero attached hydrogens (tertiary/aromatic N) is 2. The fourth-order valence-corrected chi connectivity index (χ4v) is 3.94. The summed E-state index contributed by atoms with van der Waals surface area (Å²) in [6, 6.07) is 7.71. The number of aromatic nitrogens is 2. The number of hydrogen-bond acceptors (Lipinski definition) is 7. The highest BCUT2D eigenvalue weighted by Crippen LogP contribution is 2.38.